The lowest BCUT2D eigenvalue weighted by atomic mass is 10.0. The number of aromatic amines is 1. The van der Waals surface area contributed by atoms with Gasteiger partial charge in [0.25, 0.3) is 5.91 Å². The van der Waals surface area contributed by atoms with Crippen molar-refractivity contribution in [1.82, 2.24) is 14.8 Å². The van der Waals surface area contributed by atoms with E-state index in [4.69, 9.17) is 5.11 Å². The zero-order chi connectivity index (χ0) is 17.9. The molecule has 2 aromatic rings. The van der Waals surface area contributed by atoms with Gasteiger partial charge in [0.2, 0.25) is 0 Å². The van der Waals surface area contributed by atoms with E-state index >= 15 is 0 Å². The van der Waals surface area contributed by atoms with Gasteiger partial charge in [0.1, 0.15) is 12.2 Å². The van der Waals surface area contributed by atoms with Crippen molar-refractivity contribution in [2.45, 2.75) is 40.2 Å². The lowest BCUT2D eigenvalue weighted by molar-refractivity contribution is -0.137. The first-order chi connectivity index (χ1) is 11.3. The summed E-state index contributed by atoms with van der Waals surface area (Å²) in [7, 11) is 0. The fourth-order valence-electron chi connectivity index (χ4n) is 2.68. The molecule has 0 aromatic carbocycles. The molecule has 0 unspecified atom stereocenters. The third-order valence-electron chi connectivity index (χ3n) is 3.55. The van der Waals surface area contributed by atoms with Crippen LogP contribution in [-0.2, 0) is 17.8 Å². The average Bonchev–Trinajstić information content (AvgIpc) is 3.03. The molecule has 8 nitrogen and oxygen atoms in total. The van der Waals surface area contributed by atoms with Gasteiger partial charge in [-0.25, -0.2) is 0 Å². The third kappa shape index (κ3) is 3.70. The van der Waals surface area contributed by atoms with E-state index in [-0.39, 0.29) is 18.1 Å². The van der Waals surface area contributed by atoms with Crippen LogP contribution >= 0.6 is 0 Å². The number of carboxylic acid groups (broad SMARTS) is 1. The van der Waals surface area contributed by atoms with Crippen molar-refractivity contribution in [3.8, 4) is 0 Å². The maximum atomic E-state index is 12.5. The molecule has 3 N–H and O–H groups in total. The van der Waals surface area contributed by atoms with Crippen LogP contribution in [0, 0.1) is 6.92 Å². The standard InChI is InChI=1S/C16H20N4O4/c1-4-5-11-14(10(3)21)9(2)17-15(11)16(24)18-12-6-7-20(19-12)8-13(22)23/h6-7,17H,4-5,8H2,1-3H3,(H,22,23)(H,18,19,24). The van der Waals surface area contributed by atoms with Crippen LogP contribution in [0.25, 0.3) is 0 Å². The Hall–Kier alpha value is -2.90. The van der Waals surface area contributed by atoms with Gasteiger partial charge in [-0.2, -0.15) is 5.10 Å². The number of aryl methyl sites for hydroxylation is 1. The highest BCUT2D eigenvalue weighted by Gasteiger charge is 2.22. The van der Waals surface area contributed by atoms with Crippen LogP contribution < -0.4 is 5.32 Å². The second-order valence-electron chi connectivity index (χ2n) is 5.53. The number of rotatable bonds is 7. The summed E-state index contributed by atoms with van der Waals surface area (Å²) in [6, 6.07) is 1.52. The van der Waals surface area contributed by atoms with Crippen LogP contribution in [0.5, 0.6) is 0 Å². The highest BCUT2D eigenvalue weighted by Crippen LogP contribution is 2.22. The van der Waals surface area contributed by atoms with Crippen molar-refractivity contribution in [3.63, 3.8) is 0 Å². The quantitative estimate of drug-likeness (QED) is 0.671. The summed E-state index contributed by atoms with van der Waals surface area (Å²) in [5, 5.41) is 15.3. The zero-order valence-corrected chi connectivity index (χ0v) is 13.8. The predicted molar refractivity (Wildman–Crippen MR) is 87.3 cm³/mol. The Morgan fingerprint density at radius 2 is 2.08 bits per heavy atom. The van der Waals surface area contributed by atoms with Crippen LogP contribution in [0.15, 0.2) is 12.3 Å². The van der Waals surface area contributed by atoms with E-state index in [0.29, 0.717) is 28.9 Å². The Morgan fingerprint density at radius 3 is 2.67 bits per heavy atom. The Bertz CT molecular complexity index is 788. The first-order valence-corrected chi connectivity index (χ1v) is 7.62. The van der Waals surface area contributed by atoms with E-state index in [1.54, 1.807) is 6.92 Å². The van der Waals surface area contributed by atoms with Gasteiger partial charge in [0.15, 0.2) is 11.6 Å². The second-order valence-corrected chi connectivity index (χ2v) is 5.53. The number of anilines is 1. The fraction of sp³-hybridized carbons (Fsp3) is 0.375. The number of amides is 1. The molecule has 0 saturated heterocycles. The molecule has 0 spiro atoms. The van der Waals surface area contributed by atoms with E-state index in [1.807, 2.05) is 6.92 Å². The van der Waals surface area contributed by atoms with Gasteiger partial charge in [0, 0.05) is 23.5 Å². The van der Waals surface area contributed by atoms with Crippen molar-refractivity contribution in [3.05, 3.63) is 34.8 Å². The number of carbonyl (C=O) groups excluding carboxylic acids is 2. The lowest BCUT2D eigenvalue weighted by Gasteiger charge is -2.05. The summed E-state index contributed by atoms with van der Waals surface area (Å²) in [6.45, 7) is 4.92. The highest BCUT2D eigenvalue weighted by molar-refractivity contribution is 6.07. The van der Waals surface area contributed by atoms with Crippen LogP contribution in [0.4, 0.5) is 5.82 Å². The SMILES string of the molecule is CCCc1c(C(=O)Nc2ccn(CC(=O)O)n2)[nH]c(C)c1C(C)=O. The molecule has 0 fully saturated rings. The van der Waals surface area contributed by atoms with E-state index in [1.165, 1.54) is 23.9 Å². The van der Waals surface area contributed by atoms with Gasteiger partial charge in [0.05, 0.1) is 0 Å². The molecular formula is C16H20N4O4. The van der Waals surface area contributed by atoms with Gasteiger partial charge in [-0.05, 0) is 25.8 Å². The molecule has 2 rings (SSSR count). The number of hydrogen-bond donors (Lipinski definition) is 3. The average molecular weight is 332 g/mol. The normalized spacial score (nSPS) is 10.6. The van der Waals surface area contributed by atoms with Gasteiger partial charge >= 0.3 is 5.97 Å². The molecule has 0 bridgehead atoms. The minimum Gasteiger partial charge on any atom is -0.480 e. The Balaban J connectivity index is 2.26. The number of aliphatic carboxylic acids is 1. The monoisotopic (exact) mass is 332 g/mol. The summed E-state index contributed by atoms with van der Waals surface area (Å²) in [5.74, 6) is -1.26. The summed E-state index contributed by atoms with van der Waals surface area (Å²) >= 11 is 0. The molecule has 0 atom stereocenters. The van der Waals surface area contributed by atoms with Gasteiger partial charge in [-0.3, -0.25) is 19.1 Å². The molecule has 2 heterocycles. The van der Waals surface area contributed by atoms with Gasteiger partial charge in [-0.15, -0.1) is 0 Å². The van der Waals surface area contributed by atoms with Crippen molar-refractivity contribution in [2.24, 2.45) is 0 Å². The van der Waals surface area contributed by atoms with Crippen LogP contribution in [0.2, 0.25) is 0 Å². The number of hydrogen-bond acceptors (Lipinski definition) is 4. The molecule has 2 aromatic heterocycles. The number of Topliss-reactive ketones (excluding diaryl/α,β-unsaturated/α-hetero) is 1. The minimum absolute atomic E-state index is 0.0861. The maximum absolute atomic E-state index is 12.5. The first kappa shape index (κ1) is 17.5. The van der Waals surface area contributed by atoms with Crippen molar-refractivity contribution in [2.75, 3.05) is 5.32 Å². The molecule has 0 aliphatic rings. The van der Waals surface area contributed by atoms with Gasteiger partial charge in [-0.1, -0.05) is 13.3 Å². The largest absolute Gasteiger partial charge is 0.480 e. The van der Waals surface area contributed by atoms with E-state index in [2.05, 4.69) is 15.4 Å². The smallest absolute Gasteiger partial charge is 0.325 e. The maximum Gasteiger partial charge on any atom is 0.325 e. The molecule has 8 heteroatoms. The summed E-state index contributed by atoms with van der Waals surface area (Å²) in [4.78, 5) is 38.0. The topological polar surface area (TPSA) is 117 Å². The predicted octanol–water partition coefficient (Wildman–Crippen LogP) is 2.01. The molecule has 1 amide bonds. The third-order valence-corrected chi connectivity index (χ3v) is 3.55. The molecular weight excluding hydrogens is 312 g/mol. The zero-order valence-electron chi connectivity index (χ0n) is 13.8. The second kappa shape index (κ2) is 7.12. The van der Waals surface area contributed by atoms with Gasteiger partial charge < -0.3 is 15.4 Å². The number of nitrogens with zero attached hydrogens (tertiary/aromatic N) is 2. The Morgan fingerprint density at radius 1 is 1.38 bits per heavy atom. The lowest BCUT2D eigenvalue weighted by Crippen LogP contribution is -2.16. The summed E-state index contributed by atoms with van der Waals surface area (Å²) in [6.07, 6.45) is 2.87. The Labute approximate surface area is 138 Å². The minimum atomic E-state index is -1.02. The van der Waals surface area contributed by atoms with E-state index < -0.39 is 11.9 Å². The van der Waals surface area contributed by atoms with Crippen molar-refractivity contribution < 1.29 is 19.5 Å². The fourth-order valence-corrected chi connectivity index (χ4v) is 2.68. The van der Waals surface area contributed by atoms with E-state index in [0.717, 1.165) is 6.42 Å². The summed E-state index contributed by atoms with van der Waals surface area (Å²) in [5.41, 5.74) is 2.25. The summed E-state index contributed by atoms with van der Waals surface area (Å²) < 4.78 is 1.21. The molecule has 24 heavy (non-hydrogen) atoms. The number of carbonyl (C=O) groups is 3. The van der Waals surface area contributed by atoms with E-state index in [9.17, 15) is 14.4 Å². The number of aromatic nitrogens is 3. The number of ketones is 1. The number of carboxylic acids is 1. The Kier molecular flexibility index (Phi) is 5.18. The van der Waals surface area contributed by atoms with Crippen molar-refractivity contribution >= 4 is 23.5 Å². The first-order valence-electron chi connectivity index (χ1n) is 7.62. The van der Waals surface area contributed by atoms with Crippen LogP contribution in [0.1, 0.15) is 52.4 Å². The number of H-pyrrole nitrogens is 1. The molecule has 128 valence electrons. The van der Waals surface area contributed by atoms with Crippen LogP contribution in [-0.4, -0.2) is 37.5 Å². The highest BCUT2D eigenvalue weighted by atomic mass is 16.4. The van der Waals surface area contributed by atoms with Crippen molar-refractivity contribution in [1.29, 1.82) is 0 Å². The molecule has 0 radical (unpaired) electrons. The molecule has 0 aliphatic heterocycles. The van der Waals surface area contributed by atoms with Crippen LogP contribution in [0.3, 0.4) is 0 Å². The number of nitrogens with one attached hydrogen (secondary N) is 2. The molecule has 0 saturated carbocycles. The molecule has 0 aliphatic carbocycles.